The molecule has 2 aromatic rings. The lowest BCUT2D eigenvalue weighted by atomic mass is 10.1. The molecule has 1 amide bonds. The average Bonchev–Trinajstić information content (AvgIpc) is 2.70. The molecular formula is C17H21N5O5S. The second-order valence-electron chi connectivity index (χ2n) is 6.00. The summed E-state index contributed by atoms with van der Waals surface area (Å²) in [6.07, 6.45) is 0. The normalized spacial score (nSPS) is 11.8. The van der Waals surface area contributed by atoms with Crippen molar-refractivity contribution in [2.45, 2.75) is 24.3 Å². The Kier molecular flexibility index (Phi) is 7.12. The first-order valence-electron chi connectivity index (χ1n) is 8.23. The third kappa shape index (κ3) is 5.08. The van der Waals surface area contributed by atoms with Gasteiger partial charge >= 0.3 is 0 Å². The Morgan fingerprint density at radius 1 is 1.18 bits per heavy atom. The van der Waals surface area contributed by atoms with Crippen molar-refractivity contribution in [3.8, 4) is 11.8 Å². The summed E-state index contributed by atoms with van der Waals surface area (Å²) in [5.74, 6) is 6.11. The molecular weight excluding hydrogens is 386 g/mol. The van der Waals surface area contributed by atoms with Crippen molar-refractivity contribution in [2.24, 2.45) is 11.8 Å². The van der Waals surface area contributed by atoms with Gasteiger partial charge in [-0.1, -0.05) is 25.6 Å². The lowest BCUT2D eigenvalue weighted by molar-refractivity contribution is -0.384. The number of rotatable bonds is 8. The molecule has 2 N–H and O–H groups in total. The number of amides is 1. The van der Waals surface area contributed by atoms with Crippen LogP contribution in [-0.4, -0.2) is 40.3 Å². The number of aromatic nitrogens is 2. The van der Waals surface area contributed by atoms with Gasteiger partial charge in [0.1, 0.15) is 0 Å². The minimum atomic E-state index is -0.600. The predicted molar refractivity (Wildman–Crippen MR) is 104 cm³/mol. The average molecular weight is 407 g/mol. The Labute approximate surface area is 166 Å². The van der Waals surface area contributed by atoms with E-state index in [1.54, 1.807) is 0 Å². The van der Waals surface area contributed by atoms with Crippen molar-refractivity contribution < 1.29 is 19.2 Å². The Balaban J connectivity index is 2.25. The zero-order valence-electron chi connectivity index (χ0n) is 15.9. The Bertz CT molecular complexity index is 824. The van der Waals surface area contributed by atoms with Crippen LogP contribution in [0.15, 0.2) is 35.5 Å². The summed E-state index contributed by atoms with van der Waals surface area (Å²) in [4.78, 5) is 31.7. The van der Waals surface area contributed by atoms with Gasteiger partial charge in [0, 0.05) is 12.1 Å². The van der Waals surface area contributed by atoms with Gasteiger partial charge in [-0.15, -0.1) is 0 Å². The molecule has 0 saturated carbocycles. The fraction of sp³-hybridized carbons (Fsp3) is 0.353. The van der Waals surface area contributed by atoms with Crippen molar-refractivity contribution in [3.63, 3.8) is 0 Å². The molecule has 0 radical (unpaired) electrons. The van der Waals surface area contributed by atoms with Gasteiger partial charge in [0.05, 0.1) is 36.1 Å². The summed E-state index contributed by atoms with van der Waals surface area (Å²) >= 11 is 1.13. The molecule has 0 spiro atoms. The smallest absolute Gasteiger partial charge is 0.269 e. The van der Waals surface area contributed by atoms with Crippen LogP contribution in [0.4, 0.5) is 11.4 Å². The number of carbonyl (C=O) groups is 1. The van der Waals surface area contributed by atoms with Crippen molar-refractivity contribution in [3.05, 3.63) is 40.4 Å². The van der Waals surface area contributed by atoms with Crippen molar-refractivity contribution in [1.29, 1.82) is 0 Å². The standard InChI is InChI=1S/C17H21N5O5S/c1-10(2)15(28-17-19-13(26-3)9-14(20-17)27-4)16(23)21(18)11-5-7-12(8-6-11)22(24)25/h5-10,15H,18H2,1-4H3. The van der Waals surface area contributed by atoms with Crippen LogP contribution in [0.1, 0.15) is 13.8 Å². The Morgan fingerprint density at radius 3 is 2.14 bits per heavy atom. The summed E-state index contributed by atoms with van der Waals surface area (Å²) < 4.78 is 10.3. The van der Waals surface area contributed by atoms with Gasteiger partial charge in [-0.2, -0.15) is 9.97 Å². The number of nitrogens with zero attached hydrogens (tertiary/aromatic N) is 4. The number of anilines is 1. The lowest BCUT2D eigenvalue weighted by Gasteiger charge is -2.25. The van der Waals surface area contributed by atoms with Gasteiger partial charge in [-0.3, -0.25) is 14.9 Å². The molecule has 0 aliphatic rings. The predicted octanol–water partition coefficient (Wildman–Crippen LogP) is 2.43. The van der Waals surface area contributed by atoms with Crippen LogP contribution in [0, 0.1) is 16.0 Å². The molecule has 2 rings (SSSR count). The number of thioether (sulfide) groups is 1. The van der Waals surface area contributed by atoms with E-state index >= 15 is 0 Å². The number of carbonyl (C=O) groups excluding carboxylic acids is 1. The minimum Gasteiger partial charge on any atom is -0.481 e. The number of nitro groups is 1. The van der Waals surface area contributed by atoms with Crippen molar-refractivity contribution in [2.75, 3.05) is 19.2 Å². The maximum atomic E-state index is 12.9. The second kappa shape index (κ2) is 9.33. The SMILES string of the molecule is COc1cc(OC)nc(SC(C(=O)N(N)c2ccc([N+](=O)[O-])cc2)C(C)C)n1. The van der Waals surface area contributed by atoms with Crippen LogP contribution < -0.4 is 20.3 Å². The minimum absolute atomic E-state index is 0.0868. The molecule has 0 bridgehead atoms. The summed E-state index contributed by atoms with van der Waals surface area (Å²) in [6, 6.07) is 6.95. The number of methoxy groups -OCH3 is 2. The van der Waals surface area contributed by atoms with E-state index in [4.69, 9.17) is 15.3 Å². The van der Waals surface area contributed by atoms with Crippen LogP contribution in [0.3, 0.4) is 0 Å². The number of nitro benzene ring substituents is 1. The Morgan fingerprint density at radius 2 is 1.71 bits per heavy atom. The highest BCUT2D eigenvalue weighted by molar-refractivity contribution is 8.00. The largest absolute Gasteiger partial charge is 0.481 e. The number of hydrogen-bond acceptors (Lipinski definition) is 9. The highest BCUT2D eigenvalue weighted by Crippen LogP contribution is 2.31. The molecule has 1 aromatic carbocycles. The number of hydrogen-bond donors (Lipinski definition) is 1. The van der Waals surface area contributed by atoms with E-state index in [0.29, 0.717) is 22.6 Å². The molecule has 150 valence electrons. The van der Waals surface area contributed by atoms with Gasteiger partial charge < -0.3 is 9.47 Å². The van der Waals surface area contributed by atoms with Gasteiger partial charge in [-0.25, -0.2) is 10.9 Å². The van der Waals surface area contributed by atoms with Crippen molar-refractivity contribution >= 4 is 29.0 Å². The lowest BCUT2D eigenvalue weighted by Crippen LogP contribution is -2.44. The monoisotopic (exact) mass is 407 g/mol. The van der Waals surface area contributed by atoms with Crippen LogP contribution in [0.25, 0.3) is 0 Å². The summed E-state index contributed by atoms with van der Waals surface area (Å²) in [6.45, 7) is 3.74. The molecule has 0 aliphatic carbocycles. The molecule has 10 nitrogen and oxygen atoms in total. The zero-order valence-corrected chi connectivity index (χ0v) is 16.7. The molecule has 1 heterocycles. The molecule has 1 aromatic heterocycles. The fourth-order valence-electron chi connectivity index (χ4n) is 2.23. The van der Waals surface area contributed by atoms with Gasteiger partial charge in [0.15, 0.2) is 5.16 Å². The van der Waals surface area contributed by atoms with E-state index in [1.807, 2.05) is 13.8 Å². The van der Waals surface area contributed by atoms with E-state index in [1.165, 1.54) is 44.6 Å². The first-order valence-corrected chi connectivity index (χ1v) is 9.11. The summed E-state index contributed by atoms with van der Waals surface area (Å²) in [5, 5.41) is 11.5. The zero-order chi connectivity index (χ0) is 20.8. The van der Waals surface area contributed by atoms with Gasteiger partial charge in [0.25, 0.3) is 11.6 Å². The van der Waals surface area contributed by atoms with Crippen LogP contribution in [0.2, 0.25) is 0 Å². The second-order valence-corrected chi connectivity index (χ2v) is 7.11. The van der Waals surface area contributed by atoms with Crippen molar-refractivity contribution in [1.82, 2.24) is 9.97 Å². The fourth-order valence-corrected chi connectivity index (χ4v) is 3.23. The van der Waals surface area contributed by atoms with Crippen LogP contribution in [0.5, 0.6) is 11.8 Å². The topological polar surface area (TPSA) is 134 Å². The van der Waals surface area contributed by atoms with Gasteiger partial charge in [0.2, 0.25) is 11.8 Å². The third-order valence-corrected chi connectivity index (χ3v) is 5.13. The molecule has 28 heavy (non-hydrogen) atoms. The maximum absolute atomic E-state index is 12.9. The van der Waals surface area contributed by atoms with Crippen LogP contribution >= 0.6 is 11.8 Å². The van der Waals surface area contributed by atoms with E-state index in [-0.39, 0.29) is 17.5 Å². The Hall–Kier alpha value is -2.92. The number of non-ortho nitro benzene ring substituents is 1. The first-order chi connectivity index (χ1) is 13.3. The summed E-state index contributed by atoms with van der Waals surface area (Å²) in [5.41, 5.74) is 0.252. The van der Waals surface area contributed by atoms with Gasteiger partial charge in [-0.05, 0) is 18.1 Å². The summed E-state index contributed by atoms with van der Waals surface area (Å²) in [7, 11) is 2.94. The number of ether oxygens (including phenoxy) is 2. The van der Waals surface area contributed by atoms with E-state index in [2.05, 4.69) is 9.97 Å². The quantitative estimate of drug-likeness (QED) is 0.175. The highest BCUT2D eigenvalue weighted by Gasteiger charge is 2.29. The first kappa shape index (κ1) is 21.4. The van der Waals surface area contributed by atoms with E-state index in [0.717, 1.165) is 16.8 Å². The van der Waals surface area contributed by atoms with E-state index < -0.39 is 10.2 Å². The molecule has 0 fully saturated rings. The van der Waals surface area contributed by atoms with Crippen LogP contribution in [-0.2, 0) is 4.79 Å². The molecule has 1 unspecified atom stereocenters. The van der Waals surface area contributed by atoms with E-state index in [9.17, 15) is 14.9 Å². The maximum Gasteiger partial charge on any atom is 0.269 e. The highest BCUT2D eigenvalue weighted by atomic mass is 32.2. The molecule has 11 heteroatoms. The molecule has 0 saturated heterocycles. The number of nitrogens with two attached hydrogens (primary N) is 1. The number of hydrazine groups is 1. The number of benzene rings is 1. The molecule has 0 aliphatic heterocycles. The third-order valence-electron chi connectivity index (χ3n) is 3.73. The molecule has 1 atom stereocenters.